The maximum Gasteiger partial charge on any atom is 0.0301 e. The van der Waals surface area contributed by atoms with E-state index in [2.05, 4.69) is 25.5 Å². The highest BCUT2D eigenvalue weighted by Gasteiger charge is 2.21. The maximum atomic E-state index is 4.06. The van der Waals surface area contributed by atoms with Gasteiger partial charge >= 0.3 is 0 Å². The topological polar surface area (TPSA) is 3.24 Å². The molecule has 0 amide bonds. The molecule has 0 bridgehead atoms. The second-order valence-electron chi connectivity index (χ2n) is 3.14. The fourth-order valence-electron chi connectivity index (χ4n) is 1.65. The van der Waals surface area contributed by atoms with Gasteiger partial charge in [-0.25, -0.2) is 0 Å². The largest absolute Gasteiger partial charge is 0.300 e. The Hall–Kier alpha value is -0.300. The summed E-state index contributed by atoms with van der Waals surface area (Å²) in [6.45, 7) is 7.41. The monoisotopic (exact) mass is 139 g/mol. The minimum absolute atomic E-state index is 0.685. The van der Waals surface area contributed by atoms with Crippen LogP contribution in [-0.2, 0) is 0 Å². The fraction of sp³-hybridized carbons (Fsp3) is 0.778. The third kappa shape index (κ3) is 1.40. The van der Waals surface area contributed by atoms with Gasteiger partial charge in [-0.3, -0.25) is 4.90 Å². The van der Waals surface area contributed by atoms with E-state index < -0.39 is 0 Å². The average molecular weight is 139 g/mol. The van der Waals surface area contributed by atoms with Crippen LogP contribution in [0.1, 0.15) is 26.2 Å². The number of nitrogens with zero attached hydrogens (tertiary/aromatic N) is 1. The third-order valence-electron chi connectivity index (χ3n) is 2.48. The van der Waals surface area contributed by atoms with Gasteiger partial charge in [0.2, 0.25) is 0 Å². The van der Waals surface area contributed by atoms with Crippen molar-refractivity contribution in [2.24, 2.45) is 0 Å². The first-order chi connectivity index (χ1) is 4.75. The third-order valence-corrected chi connectivity index (χ3v) is 2.48. The first-order valence-electron chi connectivity index (χ1n) is 4.13. The van der Waals surface area contributed by atoms with Crippen LogP contribution in [0.4, 0.5) is 0 Å². The Bertz CT molecular complexity index is 129. The van der Waals surface area contributed by atoms with Gasteiger partial charge in [0.25, 0.3) is 0 Å². The molecule has 1 fully saturated rings. The van der Waals surface area contributed by atoms with Crippen molar-refractivity contribution in [2.45, 2.75) is 32.2 Å². The van der Waals surface area contributed by atoms with Crippen molar-refractivity contribution in [2.75, 3.05) is 13.6 Å². The molecular formula is C9H17N. The quantitative estimate of drug-likeness (QED) is 0.529. The lowest BCUT2D eigenvalue weighted by molar-refractivity contribution is 0.290. The van der Waals surface area contributed by atoms with Crippen molar-refractivity contribution >= 4 is 0 Å². The summed E-state index contributed by atoms with van der Waals surface area (Å²) in [4.78, 5) is 2.38. The zero-order valence-electron chi connectivity index (χ0n) is 7.06. The Labute approximate surface area is 63.7 Å². The van der Waals surface area contributed by atoms with E-state index in [1.165, 1.54) is 24.8 Å². The molecule has 0 saturated heterocycles. The van der Waals surface area contributed by atoms with Crippen LogP contribution in [0.3, 0.4) is 0 Å². The highest BCUT2D eigenvalue weighted by atomic mass is 15.1. The minimum Gasteiger partial charge on any atom is -0.300 e. The molecule has 0 aromatic heterocycles. The van der Waals surface area contributed by atoms with Crippen LogP contribution in [0.25, 0.3) is 0 Å². The van der Waals surface area contributed by atoms with Crippen LogP contribution in [0.2, 0.25) is 0 Å². The number of hydrogen-bond donors (Lipinski definition) is 0. The van der Waals surface area contributed by atoms with E-state index >= 15 is 0 Å². The Morgan fingerprint density at radius 2 is 2.40 bits per heavy atom. The van der Waals surface area contributed by atoms with E-state index in [4.69, 9.17) is 0 Å². The van der Waals surface area contributed by atoms with Crippen molar-refractivity contribution in [1.29, 1.82) is 0 Å². The molecular weight excluding hydrogens is 122 g/mol. The van der Waals surface area contributed by atoms with Crippen LogP contribution >= 0.6 is 0 Å². The molecule has 0 aliphatic heterocycles. The molecule has 1 heteroatoms. The second-order valence-corrected chi connectivity index (χ2v) is 3.14. The van der Waals surface area contributed by atoms with Gasteiger partial charge in [0.1, 0.15) is 0 Å². The minimum atomic E-state index is 0.685. The first kappa shape index (κ1) is 7.80. The molecule has 1 unspecified atom stereocenters. The first-order valence-corrected chi connectivity index (χ1v) is 4.13. The molecule has 1 atom stereocenters. The lowest BCUT2D eigenvalue weighted by Crippen LogP contribution is -2.29. The maximum absolute atomic E-state index is 4.06. The molecule has 0 N–H and O–H groups in total. The van der Waals surface area contributed by atoms with E-state index in [0.29, 0.717) is 6.04 Å². The van der Waals surface area contributed by atoms with Crippen molar-refractivity contribution in [3.63, 3.8) is 0 Å². The smallest absolute Gasteiger partial charge is 0.0301 e. The number of rotatable bonds is 2. The highest BCUT2D eigenvalue weighted by Crippen LogP contribution is 2.26. The van der Waals surface area contributed by atoms with E-state index in [1.807, 2.05) is 0 Å². The second kappa shape index (κ2) is 3.20. The van der Waals surface area contributed by atoms with Crippen LogP contribution in [-0.4, -0.2) is 24.5 Å². The predicted octanol–water partition coefficient (Wildman–Crippen LogP) is 2.05. The highest BCUT2D eigenvalue weighted by molar-refractivity contribution is 5.10. The zero-order chi connectivity index (χ0) is 7.56. The summed E-state index contributed by atoms with van der Waals surface area (Å²) >= 11 is 0. The molecule has 1 nitrogen and oxygen atoms in total. The lowest BCUT2D eigenvalue weighted by atomic mass is 10.1. The van der Waals surface area contributed by atoms with Crippen LogP contribution in [0, 0.1) is 0 Å². The Balaban J connectivity index is 2.46. The molecule has 0 aromatic rings. The molecule has 0 radical (unpaired) electrons. The lowest BCUT2D eigenvalue weighted by Gasteiger charge is -2.22. The molecule has 0 heterocycles. The van der Waals surface area contributed by atoms with E-state index in [-0.39, 0.29) is 0 Å². The molecule has 58 valence electrons. The van der Waals surface area contributed by atoms with Gasteiger partial charge in [-0.05, 0) is 32.9 Å². The number of hydrogen-bond acceptors (Lipinski definition) is 1. The van der Waals surface area contributed by atoms with Gasteiger partial charge in [0.05, 0.1) is 0 Å². The van der Waals surface area contributed by atoms with E-state index in [0.717, 1.165) is 6.54 Å². The Morgan fingerprint density at radius 1 is 1.70 bits per heavy atom. The van der Waals surface area contributed by atoms with E-state index in [9.17, 15) is 0 Å². The summed E-state index contributed by atoms with van der Waals surface area (Å²) in [7, 11) is 2.18. The molecule has 1 rings (SSSR count). The Morgan fingerprint density at radius 3 is 2.80 bits per heavy atom. The molecule has 0 spiro atoms. The van der Waals surface area contributed by atoms with Crippen molar-refractivity contribution < 1.29 is 0 Å². The van der Waals surface area contributed by atoms with E-state index in [1.54, 1.807) is 0 Å². The summed E-state index contributed by atoms with van der Waals surface area (Å²) in [6.07, 6.45) is 3.91. The standard InChI is InChI=1S/C9H17N/c1-4-10(3)9-7-5-6-8(9)2/h9H,2,4-7H2,1,3H3. The van der Waals surface area contributed by atoms with Crippen LogP contribution in [0.5, 0.6) is 0 Å². The summed E-state index contributed by atoms with van der Waals surface area (Å²) in [6, 6.07) is 0.685. The Kier molecular flexibility index (Phi) is 2.50. The van der Waals surface area contributed by atoms with Gasteiger partial charge in [0, 0.05) is 6.04 Å². The molecule has 1 aliphatic carbocycles. The molecule has 0 aromatic carbocycles. The van der Waals surface area contributed by atoms with Crippen molar-refractivity contribution in [1.82, 2.24) is 4.90 Å². The summed E-state index contributed by atoms with van der Waals surface area (Å²) in [5.74, 6) is 0. The van der Waals surface area contributed by atoms with Gasteiger partial charge in [0.15, 0.2) is 0 Å². The molecule has 1 saturated carbocycles. The van der Waals surface area contributed by atoms with Gasteiger partial charge in [-0.1, -0.05) is 19.1 Å². The average Bonchev–Trinajstić information content (AvgIpc) is 2.34. The van der Waals surface area contributed by atoms with Gasteiger partial charge in [-0.15, -0.1) is 0 Å². The molecule has 1 aliphatic rings. The normalized spacial score (nSPS) is 26.3. The summed E-state index contributed by atoms with van der Waals surface area (Å²) < 4.78 is 0. The van der Waals surface area contributed by atoms with Crippen molar-refractivity contribution in [3.05, 3.63) is 12.2 Å². The van der Waals surface area contributed by atoms with Crippen LogP contribution in [0.15, 0.2) is 12.2 Å². The van der Waals surface area contributed by atoms with Crippen molar-refractivity contribution in [3.8, 4) is 0 Å². The molecule has 10 heavy (non-hydrogen) atoms. The fourth-order valence-corrected chi connectivity index (χ4v) is 1.65. The summed E-state index contributed by atoms with van der Waals surface area (Å²) in [5, 5.41) is 0. The summed E-state index contributed by atoms with van der Waals surface area (Å²) in [5.41, 5.74) is 1.43. The zero-order valence-corrected chi connectivity index (χ0v) is 7.06. The predicted molar refractivity (Wildman–Crippen MR) is 45.1 cm³/mol. The van der Waals surface area contributed by atoms with Gasteiger partial charge < -0.3 is 0 Å². The van der Waals surface area contributed by atoms with Crippen LogP contribution < -0.4 is 0 Å². The number of likely N-dealkylation sites (N-methyl/N-ethyl adjacent to an activating group) is 1. The van der Waals surface area contributed by atoms with Gasteiger partial charge in [-0.2, -0.15) is 0 Å². The SMILES string of the molecule is C=C1CCCC1N(C)CC.